The molecule has 1 aliphatic rings. The van der Waals surface area contributed by atoms with Gasteiger partial charge in [-0.25, -0.2) is 0 Å². The molecule has 0 bridgehead atoms. The molecule has 2 unspecified atom stereocenters. The number of nitrogens with one attached hydrogen (secondary N) is 1. The molecule has 2 atom stereocenters. The van der Waals surface area contributed by atoms with E-state index < -0.39 is 5.97 Å². The van der Waals surface area contributed by atoms with Crippen LogP contribution in [-0.2, 0) is 9.59 Å². The molecule has 0 spiro atoms. The number of hydrogen-bond donors (Lipinski definition) is 2. The lowest BCUT2D eigenvalue weighted by Gasteiger charge is -2.15. The second-order valence-electron chi connectivity index (χ2n) is 5.27. The molecule has 2 N–H and O–H groups in total. The summed E-state index contributed by atoms with van der Waals surface area (Å²) in [5.41, 5.74) is 0.888. The Morgan fingerprint density at radius 2 is 2.00 bits per heavy atom. The lowest BCUT2D eigenvalue weighted by Crippen LogP contribution is -2.32. The van der Waals surface area contributed by atoms with Crippen LogP contribution in [0, 0.1) is 11.8 Å². The first-order valence-corrected chi connectivity index (χ1v) is 7.38. The van der Waals surface area contributed by atoms with Crippen molar-refractivity contribution < 1.29 is 14.7 Å². The zero-order valence-corrected chi connectivity index (χ0v) is 12.3. The predicted octanol–water partition coefficient (Wildman–Crippen LogP) is 2.97. The second-order valence-corrected chi connectivity index (χ2v) is 5.70. The molecule has 0 aliphatic heterocycles. The summed E-state index contributed by atoms with van der Waals surface area (Å²) in [6.45, 7) is 0.417. The molecule has 0 radical (unpaired) electrons. The van der Waals surface area contributed by atoms with Crippen molar-refractivity contribution in [3.8, 4) is 0 Å². The average Bonchev–Trinajstić information content (AvgIpc) is 2.93. The Morgan fingerprint density at radius 3 is 2.67 bits per heavy atom. The van der Waals surface area contributed by atoms with Crippen molar-refractivity contribution in [3.63, 3.8) is 0 Å². The fourth-order valence-electron chi connectivity index (χ4n) is 2.64. The van der Waals surface area contributed by atoms with Gasteiger partial charge in [0.25, 0.3) is 0 Å². The lowest BCUT2D eigenvalue weighted by atomic mass is 9.96. The van der Waals surface area contributed by atoms with Crippen LogP contribution < -0.4 is 5.32 Å². The summed E-state index contributed by atoms with van der Waals surface area (Å²) in [5.74, 6) is -1.26. The van der Waals surface area contributed by atoms with E-state index in [1.807, 2.05) is 12.1 Å². The molecule has 1 fully saturated rings. The Balaban J connectivity index is 1.82. The number of amides is 1. The Labute approximate surface area is 128 Å². The number of benzene rings is 1. The minimum atomic E-state index is -0.761. The molecule has 1 aliphatic carbocycles. The molecular formula is C16H18ClNO3. The van der Waals surface area contributed by atoms with E-state index in [4.69, 9.17) is 16.7 Å². The zero-order chi connectivity index (χ0) is 15.2. The molecule has 0 saturated heterocycles. The first-order chi connectivity index (χ1) is 10.1. The average molecular weight is 308 g/mol. The van der Waals surface area contributed by atoms with Crippen LogP contribution in [0.1, 0.15) is 24.8 Å². The molecule has 1 aromatic carbocycles. The molecule has 21 heavy (non-hydrogen) atoms. The van der Waals surface area contributed by atoms with Gasteiger partial charge in [-0.2, -0.15) is 0 Å². The third-order valence-electron chi connectivity index (χ3n) is 3.81. The molecule has 1 aromatic rings. The molecule has 0 aromatic heterocycles. The van der Waals surface area contributed by atoms with E-state index in [1.165, 1.54) is 6.08 Å². The highest BCUT2D eigenvalue weighted by molar-refractivity contribution is 6.30. The van der Waals surface area contributed by atoms with Crippen molar-refractivity contribution in [2.75, 3.05) is 6.54 Å². The summed E-state index contributed by atoms with van der Waals surface area (Å²) < 4.78 is 0. The highest BCUT2D eigenvalue weighted by Crippen LogP contribution is 2.31. The van der Waals surface area contributed by atoms with Gasteiger partial charge in [-0.1, -0.05) is 30.2 Å². The first kappa shape index (κ1) is 15.6. The topological polar surface area (TPSA) is 66.4 Å². The molecule has 4 nitrogen and oxygen atoms in total. The van der Waals surface area contributed by atoms with Crippen LogP contribution in [0.15, 0.2) is 30.3 Å². The Kier molecular flexibility index (Phi) is 5.39. The number of carbonyl (C=O) groups is 2. The number of aliphatic carboxylic acids is 1. The predicted molar refractivity (Wildman–Crippen MR) is 82.0 cm³/mol. The van der Waals surface area contributed by atoms with Gasteiger partial charge in [0, 0.05) is 17.6 Å². The summed E-state index contributed by atoms with van der Waals surface area (Å²) >= 11 is 5.78. The molecule has 5 heteroatoms. The molecule has 112 valence electrons. The van der Waals surface area contributed by atoms with Gasteiger partial charge in [-0.3, -0.25) is 9.59 Å². The second kappa shape index (κ2) is 7.27. The minimum absolute atomic E-state index is 0.0374. The third kappa shape index (κ3) is 4.60. The van der Waals surface area contributed by atoms with E-state index in [2.05, 4.69) is 5.32 Å². The Morgan fingerprint density at radius 1 is 1.29 bits per heavy atom. The van der Waals surface area contributed by atoms with Gasteiger partial charge >= 0.3 is 5.97 Å². The van der Waals surface area contributed by atoms with Crippen molar-refractivity contribution in [2.24, 2.45) is 11.8 Å². The fourth-order valence-corrected chi connectivity index (χ4v) is 2.77. The largest absolute Gasteiger partial charge is 0.481 e. The van der Waals surface area contributed by atoms with Crippen LogP contribution in [0.4, 0.5) is 0 Å². The Bertz CT molecular complexity index is 539. The van der Waals surface area contributed by atoms with Crippen LogP contribution in [-0.4, -0.2) is 23.5 Å². The minimum Gasteiger partial charge on any atom is -0.481 e. The number of halogens is 1. The summed E-state index contributed by atoms with van der Waals surface area (Å²) in [6.07, 6.45) is 5.63. The smallest absolute Gasteiger partial charge is 0.306 e. The van der Waals surface area contributed by atoms with Gasteiger partial charge in [0.2, 0.25) is 5.91 Å². The van der Waals surface area contributed by atoms with Crippen LogP contribution in [0.3, 0.4) is 0 Å². The summed E-state index contributed by atoms with van der Waals surface area (Å²) in [5, 5.41) is 12.5. The maximum absolute atomic E-state index is 11.7. The van der Waals surface area contributed by atoms with Gasteiger partial charge in [-0.05, 0) is 42.5 Å². The van der Waals surface area contributed by atoms with Crippen molar-refractivity contribution in [1.29, 1.82) is 0 Å². The van der Waals surface area contributed by atoms with Gasteiger partial charge in [0.15, 0.2) is 0 Å². The van der Waals surface area contributed by atoms with Gasteiger partial charge in [0.05, 0.1) is 5.92 Å². The maximum atomic E-state index is 11.7. The van der Waals surface area contributed by atoms with Gasteiger partial charge < -0.3 is 10.4 Å². The molecule has 2 rings (SSSR count). The zero-order valence-electron chi connectivity index (χ0n) is 11.6. The third-order valence-corrected chi connectivity index (χ3v) is 4.06. The number of carbonyl (C=O) groups excluding carboxylic acids is 1. The lowest BCUT2D eigenvalue weighted by molar-refractivity contribution is -0.143. The number of rotatable bonds is 5. The van der Waals surface area contributed by atoms with E-state index in [9.17, 15) is 9.59 Å². The molecule has 1 saturated carbocycles. The number of carboxylic acids is 1. The van der Waals surface area contributed by atoms with E-state index in [0.29, 0.717) is 18.0 Å². The number of hydrogen-bond acceptors (Lipinski definition) is 2. The summed E-state index contributed by atoms with van der Waals surface area (Å²) in [7, 11) is 0. The van der Waals surface area contributed by atoms with E-state index in [1.54, 1.807) is 18.2 Å². The van der Waals surface area contributed by atoms with Crippen LogP contribution in [0.5, 0.6) is 0 Å². The SMILES string of the molecule is O=C(C=Cc1ccc(Cl)cc1)NCC1CCCC1C(=O)O. The monoisotopic (exact) mass is 307 g/mol. The number of carboxylic acid groups (broad SMARTS) is 1. The van der Waals surface area contributed by atoms with Crippen LogP contribution >= 0.6 is 11.6 Å². The van der Waals surface area contributed by atoms with E-state index in [-0.39, 0.29) is 17.7 Å². The highest BCUT2D eigenvalue weighted by Gasteiger charge is 2.32. The molecular weight excluding hydrogens is 290 g/mol. The standard InChI is InChI=1S/C16H18ClNO3/c17-13-7-4-11(5-8-13)6-9-15(19)18-10-12-2-1-3-14(12)16(20)21/h4-9,12,14H,1-3,10H2,(H,18,19)(H,20,21). The van der Waals surface area contributed by atoms with Crippen molar-refractivity contribution >= 4 is 29.6 Å². The first-order valence-electron chi connectivity index (χ1n) is 7.00. The van der Waals surface area contributed by atoms with Crippen molar-refractivity contribution in [1.82, 2.24) is 5.32 Å². The molecule has 0 heterocycles. The van der Waals surface area contributed by atoms with Crippen molar-refractivity contribution in [2.45, 2.75) is 19.3 Å². The van der Waals surface area contributed by atoms with E-state index in [0.717, 1.165) is 18.4 Å². The highest BCUT2D eigenvalue weighted by atomic mass is 35.5. The van der Waals surface area contributed by atoms with Crippen LogP contribution in [0.25, 0.3) is 6.08 Å². The van der Waals surface area contributed by atoms with Crippen molar-refractivity contribution in [3.05, 3.63) is 40.9 Å². The quantitative estimate of drug-likeness (QED) is 0.822. The van der Waals surface area contributed by atoms with Gasteiger partial charge in [0.1, 0.15) is 0 Å². The van der Waals surface area contributed by atoms with Crippen LogP contribution in [0.2, 0.25) is 5.02 Å². The summed E-state index contributed by atoms with van der Waals surface area (Å²) in [6, 6.07) is 7.16. The summed E-state index contributed by atoms with van der Waals surface area (Å²) in [4.78, 5) is 22.8. The molecule has 1 amide bonds. The Hall–Kier alpha value is -1.81. The fraction of sp³-hybridized carbons (Fsp3) is 0.375. The maximum Gasteiger partial charge on any atom is 0.306 e. The van der Waals surface area contributed by atoms with E-state index >= 15 is 0 Å². The normalized spacial score (nSPS) is 21.6. The van der Waals surface area contributed by atoms with Gasteiger partial charge in [-0.15, -0.1) is 0 Å².